The van der Waals surface area contributed by atoms with E-state index in [1.54, 1.807) is 0 Å². The lowest BCUT2D eigenvalue weighted by Gasteiger charge is -2.34. The molecule has 0 aliphatic heterocycles. The Labute approximate surface area is 109 Å². The summed E-state index contributed by atoms with van der Waals surface area (Å²) in [6.07, 6.45) is 6.67. The van der Waals surface area contributed by atoms with Crippen LogP contribution in [-0.4, -0.2) is 22.5 Å². The van der Waals surface area contributed by atoms with E-state index in [9.17, 15) is 9.59 Å². The van der Waals surface area contributed by atoms with E-state index < -0.39 is 11.5 Å². The minimum atomic E-state index is -0.845. The zero-order chi connectivity index (χ0) is 13.6. The Bertz CT molecular complexity index is 291. The van der Waals surface area contributed by atoms with Gasteiger partial charge in [-0.2, -0.15) is 0 Å². The first-order chi connectivity index (χ1) is 8.53. The van der Waals surface area contributed by atoms with E-state index in [1.165, 1.54) is 6.42 Å². The van der Waals surface area contributed by atoms with Gasteiger partial charge in [-0.15, -0.1) is 0 Å². The van der Waals surface area contributed by atoms with Gasteiger partial charge >= 0.3 is 5.97 Å². The van der Waals surface area contributed by atoms with Crippen molar-refractivity contribution in [3.63, 3.8) is 0 Å². The normalized spacial score (nSPS) is 17.4. The molecule has 0 aromatic rings. The summed E-state index contributed by atoms with van der Waals surface area (Å²) in [5.41, 5.74) is -0.569. The number of amides is 1. The van der Waals surface area contributed by atoms with Gasteiger partial charge in [-0.1, -0.05) is 33.1 Å². The van der Waals surface area contributed by atoms with Crippen LogP contribution in [0.4, 0.5) is 0 Å². The maximum absolute atomic E-state index is 12.2. The van der Waals surface area contributed by atoms with Crippen molar-refractivity contribution >= 4 is 11.9 Å². The van der Waals surface area contributed by atoms with Crippen LogP contribution in [0.1, 0.15) is 65.2 Å². The lowest BCUT2D eigenvalue weighted by molar-refractivity contribution is -0.139. The minimum Gasteiger partial charge on any atom is -0.481 e. The second-order valence-electron chi connectivity index (χ2n) is 5.38. The summed E-state index contributed by atoms with van der Waals surface area (Å²) in [6.45, 7) is 3.88. The van der Waals surface area contributed by atoms with E-state index in [2.05, 4.69) is 5.32 Å². The minimum absolute atomic E-state index is 0.0124. The molecule has 4 heteroatoms. The van der Waals surface area contributed by atoms with Gasteiger partial charge in [-0.25, -0.2) is 0 Å². The van der Waals surface area contributed by atoms with Crippen LogP contribution in [0.25, 0.3) is 0 Å². The highest BCUT2D eigenvalue weighted by molar-refractivity contribution is 5.80. The van der Waals surface area contributed by atoms with Crippen LogP contribution in [0.15, 0.2) is 0 Å². The number of hydrogen-bond acceptors (Lipinski definition) is 2. The molecule has 0 aromatic carbocycles. The zero-order valence-corrected chi connectivity index (χ0v) is 11.5. The number of rotatable bonds is 6. The Morgan fingerprint density at radius 2 is 1.72 bits per heavy atom. The van der Waals surface area contributed by atoms with Crippen LogP contribution in [0.5, 0.6) is 0 Å². The molecule has 0 spiro atoms. The van der Waals surface area contributed by atoms with Crippen LogP contribution < -0.4 is 5.32 Å². The highest BCUT2D eigenvalue weighted by Gasteiger charge is 2.33. The number of carboxylic acid groups (broad SMARTS) is 1. The van der Waals surface area contributed by atoms with Crippen molar-refractivity contribution in [2.24, 2.45) is 5.92 Å². The SMILES string of the molecule is CCC(CC)(CC(=O)O)NC(=O)C1CCCCC1. The smallest absolute Gasteiger partial charge is 0.305 e. The van der Waals surface area contributed by atoms with Gasteiger partial charge in [-0.3, -0.25) is 9.59 Å². The first kappa shape index (κ1) is 15.0. The maximum Gasteiger partial charge on any atom is 0.305 e. The molecule has 1 fully saturated rings. The molecule has 1 aliphatic rings. The summed E-state index contributed by atoms with van der Waals surface area (Å²) in [7, 11) is 0. The summed E-state index contributed by atoms with van der Waals surface area (Å²) < 4.78 is 0. The molecule has 0 heterocycles. The number of carbonyl (C=O) groups excluding carboxylic acids is 1. The molecule has 104 valence electrons. The maximum atomic E-state index is 12.2. The van der Waals surface area contributed by atoms with Crippen molar-refractivity contribution in [2.45, 2.75) is 70.8 Å². The fraction of sp³-hybridized carbons (Fsp3) is 0.857. The van der Waals surface area contributed by atoms with Gasteiger partial charge in [0.25, 0.3) is 0 Å². The molecule has 1 aliphatic carbocycles. The van der Waals surface area contributed by atoms with Crippen molar-refractivity contribution in [3.05, 3.63) is 0 Å². The highest BCUT2D eigenvalue weighted by Crippen LogP contribution is 2.26. The van der Waals surface area contributed by atoms with Gasteiger partial charge in [0.05, 0.1) is 6.42 Å². The molecule has 0 radical (unpaired) electrons. The molecule has 0 bridgehead atoms. The molecular weight excluding hydrogens is 230 g/mol. The van der Waals surface area contributed by atoms with E-state index in [4.69, 9.17) is 5.11 Å². The predicted octanol–water partition coefficient (Wildman–Crippen LogP) is 2.72. The topological polar surface area (TPSA) is 66.4 Å². The summed E-state index contributed by atoms with van der Waals surface area (Å²) in [6, 6.07) is 0. The predicted molar refractivity (Wildman–Crippen MR) is 70.3 cm³/mol. The molecule has 1 amide bonds. The quantitative estimate of drug-likeness (QED) is 0.767. The summed E-state index contributed by atoms with van der Waals surface area (Å²) in [5.74, 6) is -0.702. The first-order valence-corrected chi connectivity index (χ1v) is 7.07. The van der Waals surface area contributed by atoms with Crippen LogP contribution in [0.3, 0.4) is 0 Å². The van der Waals surface area contributed by atoms with E-state index >= 15 is 0 Å². The first-order valence-electron chi connectivity index (χ1n) is 7.07. The Hall–Kier alpha value is -1.06. The van der Waals surface area contributed by atoms with Crippen molar-refractivity contribution in [1.29, 1.82) is 0 Å². The zero-order valence-electron chi connectivity index (χ0n) is 11.5. The lowest BCUT2D eigenvalue weighted by atomic mass is 9.85. The molecule has 1 rings (SSSR count). The molecule has 4 nitrogen and oxygen atoms in total. The third-order valence-electron chi connectivity index (χ3n) is 4.21. The van der Waals surface area contributed by atoms with Crippen molar-refractivity contribution in [2.75, 3.05) is 0 Å². The van der Waals surface area contributed by atoms with Gasteiger partial charge in [0, 0.05) is 11.5 Å². The second-order valence-corrected chi connectivity index (χ2v) is 5.38. The Morgan fingerprint density at radius 3 is 2.17 bits per heavy atom. The summed E-state index contributed by atoms with van der Waals surface area (Å²) >= 11 is 0. The highest BCUT2D eigenvalue weighted by atomic mass is 16.4. The second kappa shape index (κ2) is 6.76. The van der Waals surface area contributed by atoms with E-state index in [1.807, 2.05) is 13.8 Å². The van der Waals surface area contributed by atoms with Crippen LogP contribution in [0.2, 0.25) is 0 Å². The average molecular weight is 255 g/mol. The number of hydrogen-bond donors (Lipinski definition) is 2. The molecule has 0 saturated heterocycles. The molecule has 0 atom stereocenters. The monoisotopic (exact) mass is 255 g/mol. The number of aliphatic carboxylic acids is 1. The van der Waals surface area contributed by atoms with E-state index in [0.717, 1.165) is 25.7 Å². The van der Waals surface area contributed by atoms with Crippen LogP contribution >= 0.6 is 0 Å². The number of carbonyl (C=O) groups is 2. The largest absolute Gasteiger partial charge is 0.481 e. The molecule has 18 heavy (non-hydrogen) atoms. The van der Waals surface area contributed by atoms with Gasteiger partial charge in [0.2, 0.25) is 5.91 Å². The molecule has 0 aromatic heterocycles. The fourth-order valence-electron chi connectivity index (χ4n) is 2.74. The summed E-state index contributed by atoms with van der Waals surface area (Å²) in [4.78, 5) is 23.1. The van der Waals surface area contributed by atoms with Gasteiger partial charge < -0.3 is 10.4 Å². The summed E-state index contributed by atoms with van der Waals surface area (Å²) in [5, 5.41) is 12.0. The van der Waals surface area contributed by atoms with E-state index in [0.29, 0.717) is 12.8 Å². The lowest BCUT2D eigenvalue weighted by Crippen LogP contribution is -2.51. The molecular formula is C14H25NO3. The van der Waals surface area contributed by atoms with E-state index in [-0.39, 0.29) is 18.2 Å². The molecule has 0 unspecified atom stereocenters. The standard InChI is InChI=1S/C14H25NO3/c1-3-14(4-2,10-12(16)17)15-13(18)11-8-6-5-7-9-11/h11H,3-10H2,1-2H3,(H,15,18)(H,16,17). The van der Waals surface area contributed by atoms with Gasteiger partial charge in [-0.05, 0) is 25.7 Å². The molecule has 1 saturated carbocycles. The fourth-order valence-corrected chi connectivity index (χ4v) is 2.74. The number of carboxylic acids is 1. The van der Waals surface area contributed by atoms with Crippen molar-refractivity contribution < 1.29 is 14.7 Å². The Morgan fingerprint density at radius 1 is 1.17 bits per heavy atom. The van der Waals surface area contributed by atoms with Gasteiger partial charge in [0.1, 0.15) is 0 Å². The molecule has 2 N–H and O–H groups in total. The van der Waals surface area contributed by atoms with Crippen molar-refractivity contribution in [1.82, 2.24) is 5.32 Å². The van der Waals surface area contributed by atoms with Gasteiger partial charge in [0.15, 0.2) is 0 Å². The number of nitrogens with one attached hydrogen (secondary N) is 1. The average Bonchev–Trinajstić information content (AvgIpc) is 2.38. The van der Waals surface area contributed by atoms with Crippen LogP contribution in [-0.2, 0) is 9.59 Å². The van der Waals surface area contributed by atoms with Crippen molar-refractivity contribution in [3.8, 4) is 0 Å². The third-order valence-corrected chi connectivity index (χ3v) is 4.21. The Kier molecular flexibility index (Phi) is 5.63. The Balaban J connectivity index is 2.64. The third kappa shape index (κ3) is 4.00. The van der Waals surface area contributed by atoms with Crippen LogP contribution in [0, 0.1) is 5.92 Å².